The highest BCUT2D eigenvalue weighted by Crippen LogP contribution is 2.16. The van der Waals surface area contributed by atoms with Crippen molar-refractivity contribution in [3.63, 3.8) is 0 Å². The van der Waals surface area contributed by atoms with Gasteiger partial charge in [0.2, 0.25) is 0 Å². The smallest absolute Gasteiger partial charge is 0.414 e. The third-order valence-electron chi connectivity index (χ3n) is 4.87. The molecule has 0 saturated carbocycles. The van der Waals surface area contributed by atoms with Crippen molar-refractivity contribution in [1.82, 2.24) is 14.8 Å². The molecule has 0 unspecified atom stereocenters. The molecule has 0 fully saturated rings. The molecule has 0 radical (unpaired) electrons. The van der Waals surface area contributed by atoms with E-state index in [0.717, 1.165) is 5.56 Å². The van der Waals surface area contributed by atoms with E-state index in [-0.39, 0.29) is 18.2 Å². The number of rotatable bonds is 8. The lowest BCUT2D eigenvalue weighted by atomic mass is 10.2. The number of carbonyl (C=O) groups excluding carboxylic acids is 3. The number of hydrogen-bond acceptors (Lipinski definition) is 6. The van der Waals surface area contributed by atoms with Crippen LogP contribution in [0.1, 0.15) is 43.2 Å². The van der Waals surface area contributed by atoms with Crippen molar-refractivity contribution in [1.29, 1.82) is 0 Å². The van der Waals surface area contributed by atoms with Crippen molar-refractivity contribution in [2.24, 2.45) is 0 Å². The van der Waals surface area contributed by atoms with Crippen LogP contribution >= 0.6 is 0 Å². The van der Waals surface area contributed by atoms with E-state index in [9.17, 15) is 14.4 Å². The number of hydrogen-bond donors (Lipinski definition) is 0. The number of anilines is 1. The summed E-state index contributed by atoms with van der Waals surface area (Å²) in [6.45, 7) is 6.47. The maximum absolute atomic E-state index is 12.7. The van der Waals surface area contributed by atoms with E-state index >= 15 is 0 Å². The Balaban J connectivity index is 1.79. The Morgan fingerprint density at radius 1 is 0.882 bits per heavy atom. The van der Waals surface area contributed by atoms with Crippen LogP contribution in [0.5, 0.6) is 0 Å². The first-order valence-corrected chi connectivity index (χ1v) is 11.1. The summed E-state index contributed by atoms with van der Waals surface area (Å²) in [4.78, 5) is 45.6. The molecule has 0 saturated heterocycles. The van der Waals surface area contributed by atoms with Crippen molar-refractivity contribution < 1.29 is 23.9 Å². The summed E-state index contributed by atoms with van der Waals surface area (Å²) in [5, 5.41) is 0. The van der Waals surface area contributed by atoms with Gasteiger partial charge in [-0.25, -0.2) is 14.6 Å². The number of nitrogens with zero attached hydrogens (tertiary/aromatic N) is 4. The maximum Gasteiger partial charge on any atom is 0.414 e. The second-order valence-corrected chi connectivity index (χ2v) is 8.98. The van der Waals surface area contributed by atoms with Gasteiger partial charge >= 0.3 is 12.2 Å². The molecule has 1 aromatic carbocycles. The largest absolute Gasteiger partial charge is 0.445 e. The molecular weight excluding hydrogens is 436 g/mol. The van der Waals surface area contributed by atoms with E-state index in [1.165, 1.54) is 16.0 Å². The van der Waals surface area contributed by atoms with Crippen LogP contribution in [0.15, 0.2) is 48.7 Å². The molecule has 2 rings (SSSR count). The van der Waals surface area contributed by atoms with Gasteiger partial charge in [0, 0.05) is 34.2 Å². The minimum absolute atomic E-state index is 0.215. The average Bonchev–Trinajstić information content (AvgIpc) is 2.81. The number of aromatic nitrogens is 1. The molecule has 0 aliphatic carbocycles. The van der Waals surface area contributed by atoms with Gasteiger partial charge in [-0.3, -0.25) is 9.69 Å². The zero-order chi connectivity index (χ0) is 25.3. The van der Waals surface area contributed by atoms with Gasteiger partial charge in [-0.15, -0.1) is 0 Å². The first kappa shape index (κ1) is 26.6. The van der Waals surface area contributed by atoms with Gasteiger partial charge in [-0.05, 0) is 44.9 Å². The lowest BCUT2D eigenvalue weighted by Crippen LogP contribution is -2.34. The third-order valence-corrected chi connectivity index (χ3v) is 4.87. The molecule has 184 valence electrons. The van der Waals surface area contributed by atoms with Crippen molar-refractivity contribution in [3.05, 3.63) is 59.9 Å². The fourth-order valence-electron chi connectivity index (χ4n) is 2.91. The van der Waals surface area contributed by atoms with Crippen LogP contribution in [-0.2, 0) is 16.1 Å². The van der Waals surface area contributed by atoms with E-state index in [1.807, 2.05) is 30.3 Å². The molecule has 0 bridgehead atoms. The average molecular weight is 471 g/mol. The van der Waals surface area contributed by atoms with E-state index < -0.39 is 17.8 Å². The first-order chi connectivity index (χ1) is 16.0. The summed E-state index contributed by atoms with van der Waals surface area (Å²) in [6.07, 6.45) is 1.13. The lowest BCUT2D eigenvalue weighted by molar-refractivity contribution is 0.0589. The Labute approximate surface area is 201 Å². The minimum Gasteiger partial charge on any atom is -0.445 e. The van der Waals surface area contributed by atoms with Gasteiger partial charge in [0.15, 0.2) is 0 Å². The quantitative estimate of drug-likeness (QED) is 0.575. The Kier molecular flexibility index (Phi) is 9.41. The zero-order valence-corrected chi connectivity index (χ0v) is 20.8. The molecule has 9 heteroatoms. The van der Waals surface area contributed by atoms with Gasteiger partial charge < -0.3 is 19.3 Å². The fraction of sp³-hybridized carbons (Fsp3) is 0.440. The molecule has 9 nitrogen and oxygen atoms in total. The number of amides is 3. The summed E-state index contributed by atoms with van der Waals surface area (Å²) in [6, 6.07) is 12.7. The van der Waals surface area contributed by atoms with Crippen molar-refractivity contribution in [2.75, 3.05) is 39.1 Å². The Bertz CT molecular complexity index is 958. The van der Waals surface area contributed by atoms with Crippen LogP contribution in [0.25, 0.3) is 0 Å². The van der Waals surface area contributed by atoms with Crippen molar-refractivity contribution >= 4 is 23.8 Å². The molecule has 1 aromatic heterocycles. The molecule has 0 N–H and O–H groups in total. The summed E-state index contributed by atoms with van der Waals surface area (Å²) in [5.41, 5.74) is 1.10. The molecule has 0 aliphatic heterocycles. The van der Waals surface area contributed by atoms with Crippen LogP contribution in [0, 0.1) is 0 Å². The SMILES string of the molecule is CN(CCCN(C)C(=O)c1ccc(N(C)C(=O)OC(C)(C)C)cn1)C(=O)OCc1ccccc1. The number of carbonyl (C=O) groups is 3. The molecule has 34 heavy (non-hydrogen) atoms. The molecule has 2 aromatic rings. The fourth-order valence-corrected chi connectivity index (χ4v) is 2.91. The lowest BCUT2D eigenvalue weighted by Gasteiger charge is -2.24. The standard InChI is InChI=1S/C25H34N4O5/c1-25(2,3)34-24(32)29(6)20-13-14-21(26-17-20)22(30)27(4)15-10-16-28(5)23(31)33-18-19-11-8-7-9-12-19/h7-9,11-14,17H,10,15-16,18H2,1-6H3. The van der Waals surface area contributed by atoms with Gasteiger partial charge in [0.25, 0.3) is 5.91 Å². The van der Waals surface area contributed by atoms with Crippen LogP contribution in [-0.4, -0.2) is 72.7 Å². The molecule has 0 aliphatic rings. The Morgan fingerprint density at radius 2 is 1.53 bits per heavy atom. The Hall–Kier alpha value is -3.62. The van der Waals surface area contributed by atoms with Gasteiger partial charge in [-0.2, -0.15) is 0 Å². The molecule has 3 amide bonds. The predicted octanol–water partition coefficient (Wildman–Crippen LogP) is 4.18. The van der Waals surface area contributed by atoms with Crippen LogP contribution in [0.2, 0.25) is 0 Å². The molecule has 0 atom stereocenters. The van der Waals surface area contributed by atoms with E-state index in [4.69, 9.17) is 9.47 Å². The van der Waals surface area contributed by atoms with Gasteiger partial charge in [-0.1, -0.05) is 30.3 Å². The Morgan fingerprint density at radius 3 is 2.12 bits per heavy atom. The highest BCUT2D eigenvalue weighted by molar-refractivity contribution is 5.93. The first-order valence-electron chi connectivity index (χ1n) is 11.1. The number of pyridine rings is 1. The van der Waals surface area contributed by atoms with E-state index in [0.29, 0.717) is 25.2 Å². The summed E-state index contributed by atoms with van der Waals surface area (Å²) >= 11 is 0. The molecule has 0 spiro atoms. The molecular formula is C25H34N4O5. The normalized spacial score (nSPS) is 10.9. The molecule has 1 heterocycles. The highest BCUT2D eigenvalue weighted by Gasteiger charge is 2.21. The summed E-state index contributed by atoms with van der Waals surface area (Å²) < 4.78 is 10.6. The van der Waals surface area contributed by atoms with Crippen LogP contribution < -0.4 is 4.90 Å². The van der Waals surface area contributed by atoms with Crippen LogP contribution in [0.3, 0.4) is 0 Å². The summed E-state index contributed by atoms with van der Waals surface area (Å²) in [5.74, 6) is -0.249. The minimum atomic E-state index is -0.607. The number of ether oxygens (including phenoxy) is 2. The van der Waals surface area contributed by atoms with Crippen molar-refractivity contribution in [2.45, 2.75) is 39.4 Å². The van der Waals surface area contributed by atoms with Gasteiger partial charge in [0.05, 0.1) is 11.9 Å². The second kappa shape index (κ2) is 12.0. The van der Waals surface area contributed by atoms with Crippen LogP contribution in [0.4, 0.5) is 15.3 Å². The third kappa shape index (κ3) is 8.38. The summed E-state index contributed by atoms with van der Waals surface area (Å²) in [7, 11) is 4.93. The topological polar surface area (TPSA) is 92.3 Å². The second-order valence-electron chi connectivity index (χ2n) is 8.98. The maximum atomic E-state index is 12.7. The number of benzene rings is 1. The zero-order valence-electron chi connectivity index (χ0n) is 20.8. The van der Waals surface area contributed by atoms with E-state index in [1.54, 1.807) is 58.9 Å². The van der Waals surface area contributed by atoms with Crippen molar-refractivity contribution in [3.8, 4) is 0 Å². The van der Waals surface area contributed by atoms with E-state index in [2.05, 4.69) is 4.98 Å². The monoisotopic (exact) mass is 470 g/mol. The predicted molar refractivity (Wildman–Crippen MR) is 130 cm³/mol. The van der Waals surface area contributed by atoms with Gasteiger partial charge in [0.1, 0.15) is 17.9 Å². The highest BCUT2D eigenvalue weighted by atomic mass is 16.6.